The summed E-state index contributed by atoms with van der Waals surface area (Å²) in [6.07, 6.45) is -4.52. The van der Waals surface area contributed by atoms with Gasteiger partial charge in [-0.3, -0.25) is 9.63 Å². The number of halogens is 3. The molecular weight excluding hydrogens is 447 g/mol. The van der Waals surface area contributed by atoms with Gasteiger partial charge in [0.25, 0.3) is 5.91 Å². The molecule has 0 spiro atoms. The molecule has 0 atom stereocenters. The van der Waals surface area contributed by atoms with Crippen molar-refractivity contribution >= 4 is 5.91 Å². The van der Waals surface area contributed by atoms with Crippen LogP contribution in [0.25, 0.3) is 0 Å². The van der Waals surface area contributed by atoms with Crippen molar-refractivity contribution < 1.29 is 27.5 Å². The molecule has 0 aliphatic carbocycles. The van der Waals surface area contributed by atoms with Gasteiger partial charge in [-0.2, -0.15) is 18.3 Å². The van der Waals surface area contributed by atoms with Crippen LogP contribution in [0.3, 0.4) is 0 Å². The van der Waals surface area contributed by atoms with Gasteiger partial charge in [-0.1, -0.05) is 50.6 Å². The Morgan fingerprint density at radius 3 is 2.41 bits per heavy atom. The Hall–Kier alpha value is -3.33. The number of ether oxygens (including phenoxy) is 1. The van der Waals surface area contributed by atoms with Crippen LogP contribution in [0.4, 0.5) is 13.2 Å². The highest BCUT2D eigenvalue weighted by atomic mass is 19.4. The third kappa shape index (κ3) is 5.77. The minimum absolute atomic E-state index is 0.0110. The molecule has 0 unspecified atom stereocenters. The summed E-state index contributed by atoms with van der Waals surface area (Å²) in [7, 11) is 1.56. The van der Waals surface area contributed by atoms with Crippen molar-refractivity contribution in [2.75, 3.05) is 0 Å². The van der Waals surface area contributed by atoms with Gasteiger partial charge < -0.3 is 4.74 Å². The van der Waals surface area contributed by atoms with E-state index in [4.69, 9.17) is 9.57 Å². The predicted octanol–water partition coefficient (Wildman–Crippen LogP) is 6.01. The maximum absolute atomic E-state index is 13.1. The molecule has 6 nitrogen and oxygen atoms in total. The first-order valence-corrected chi connectivity index (χ1v) is 10.7. The molecule has 9 heteroatoms. The van der Waals surface area contributed by atoms with Crippen molar-refractivity contribution in [3.63, 3.8) is 0 Å². The summed E-state index contributed by atoms with van der Waals surface area (Å²) in [5.74, 6) is -0.662. The molecule has 0 bridgehead atoms. The number of aryl methyl sites for hydroxylation is 3. The summed E-state index contributed by atoms with van der Waals surface area (Å²) in [4.78, 5) is 18.6. The van der Waals surface area contributed by atoms with E-state index in [1.165, 1.54) is 16.8 Å². The molecule has 3 rings (SSSR count). The molecule has 0 radical (unpaired) electrons. The fourth-order valence-electron chi connectivity index (χ4n) is 3.44. The van der Waals surface area contributed by atoms with Crippen molar-refractivity contribution in [1.82, 2.24) is 15.3 Å². The smallest absolute Gasteiger partial charge is 0.416 e. The van der Waals surface area contributed by atoms with E-state index in [0.29, 0.717) is 5.69 Å². The van der Waals surface area contributed by atoms with E-state index in [1.807, 2.05) is 52.8 Å². The highest BCUT2D eigenvalue weighted by Gasteiger charge is 2.33. The molecule has 1 heterocycles. The van der Waals surface area contributed by atoms with Gasteiger partial charge in [-0.15, -0.1) is 0 Å². The minimum Gasteiger partial charge on any atom is -0.438 e. The van der Waals surface area contributed by atoms with E-state index >= 15 is 0 Å². The van der Waals surface area contributed by atoms with Crippen molar-refractivity contribution in [3.8, 4) is 11.6 Å². The molecule has 3 aromatic rings. The standard InChI is InChI=1S/C25H28F3N3O3/c1-15-10-11-17(16(2)12-15)14-33-30-22(32)20-21(24(3,4)5)29-31(6)23(20)34-19-9-7-8-18(13-19)25(26,27)28/h7-13H,14H2,1-6H3,(H,30,32). The Labute approximate surface area is 196 Å². The Morgan fingerprint density at radius 1 is 1.09 bits per heavy atom. The molecular formula is C25H28F3N3O3. The van der Waals surface area contributed by atoms with E-state index in [1.54, 1.807) is 7.05 Å². The molecule has 0 aliphatic rings. The first kappa shape index (κ1) is 25.3. The lowest BCUT2D eigenvalue weighted by Gasteiger charge is -2.17. The molecule has 0 saturated carbocycles. The van der Waals surface area contributed by atoms with Crippen LogP contribution >= 0.6 is 0 Å². The molecule has 1 amide bonds. The average molecular weight is 476 g/mol. The summed E-state index contributed by atoms with van der Waals surface area (Å²) in [6, 6.07) is 10.3. The van der Waals surface area contributed by atoms with Crippen molar-refractivity contribution in [2.45, 2.75) is 52.8 Å². The highest BCUT2D eigenvalue weighted by molar-refractivity contribution is 5.97. The van der Waals surface area contributed by atoms with Crippen LogP contribution in [0.15, 0.2) is 42.5 Å². The molecule has 0 saturated heterocycles. The van der Waals surface area contributed by atoms with Crippen LogP contribution in [0.2, 0.25) is 0 Å². The third-order valence-electron chi connectivity index (χ3n) is 5.20. The Kier molecular flexibility index (Phi) is 7.07. The van der Waals surface area contributed by atoms with Crippen LogP contribution in [-0.2, 0) is 30.1 Å². The van der Waals surface area contributed by atoms with E-state index in [-0.39, 0.29) is 23.8 Å². The van der Waals surface area contributed by atoms with Crippen molar-refractivity contribution in [2.24, 2.45) is 7.05 Å². The minimum atomic E-state index is -4.52. The van der Waals surface area contributed by atoms with Crippen molar-refractivity contribution in [1.29, 1.82) is 0 Å². The van der Waals surface area contributed by atoms with Gasteiger partial charge in [0.05, 0.1) is 11.3 Å². The van der Waals surface area contributed by atoms with Gasteiger partial charge in [-0.25, -0.2) is 10.2 Å². The van der Waals surface area contributed by atoms with E-state index < -0.39 is 23.1 Å². The number of rotatable bonds is 6. The molecule has 1 aromatic heterocycles. The first-order valence-electron chi connectivity index (χ1n) is 10.7. The fourth-order valence-corrected chi connectivity index (χ4v) is 3.44. The predicted molar refractivity (Wildman–Crippen MR) is 122 cm³/mol. The number of nitrogens with one attached hydrogen (secondary N) is 1. The second-order valence-electron chi connectivity index (χ2n) is 9.18. The number of carbonyl (C=O) groups excluding carboxylic acids is 1. The summed E-state index contributed by atoms with van der Waals surface area (Å²) in [5, 5.41) is 4.41. The lowest BCUT2D eigenvalue weighted by atomic mass is 9.89. The van der Waals surface area contributed by atoms with E-state index in [9.17, 15) is 18.0 Å². The van der Waals surface area contributed by atoms with Crippen LogP contribution in [0.1, 0.15) is 59.1 Å². The second-order valence-corrected chi connectivity index (χ2v) is 9.18. The van der Waals surface area contributed by atoms with E-state index in [2.05, 4.69) is 10.6 Å². The molecule has 1 N–H and O–H groups in total. The topological polar surface area (TPSA) is 65.4 Å². The lowest BCUT2D eigenvalue weighted by Crippen LogP contribution is -2.27. The molecule has 34 heavy (non-hydrogen) atoms. The highest BCUT2D eigenvalue weighted by Crippen LogP contribution is 2.36. The summed E-state index contributed by atoms with van der Waals surface area (Å²) >= 11 is 0. The Bertz CT molecular complexity index is 1190. The Balaban J connectivity index is 1.89. The number of amides is 1. The van der Waals surface area contributed by atoms with Gasteiger partial charge in [0.1, 0.15) is 17.9 Å². The Morgan fingerprint density at radius 2 is 1.79 bits per heavy atom. The zero-order chi connectivity index (χ0) is 25.3. The van der Waals surface area contributed by atoms with Gasteiger partial charge in [-0.05, 0) is 43.2 Å². The monoisotopic (exact) mass is 475 g/mol. The van der Waals surface area contributed by atoms with Crippen molar-refractivity contribution in [3.05, 3.63) is 76.0 Å². The number of nitrogens with zero attached hydrogens (tertiary/aromatic N) is 2. The number of hydrogen-bond acceptors (Lipinski definition) is 4. The van der Waals surface area contributed by atoms with Crippen LogP contribution < -0.4 is 10.2 Å². The normalized spacial score (nSPS) is 12.0. The molecule has 0 fully saturated rings. The lowest BCUT2D eigenvalue weighted by molar-refractivity contribution is -0.137. The maximum atomic E-state index is 13.1. The number of carbonyl (C=O) groups is 1. The largest absolute Gasteiger partial charge is 0.438 e. The van der Waals surface area contributed by atoms with Gasteiger partial charge >= 0.3 is 6.18 Å². The van der Waals surface area contributed by atoms with Crippen LogP contribution in [-0.4, -0.2) is 15.7 Å². The second kappa shape index (κ2) is 9.50. The summed E-state index contributed by atoms with van der Waals surface area (Å²) in [5.41, 5.74) is 4.59. The number of alkyl halides is 3. The number of hydroxylamine groups is 1. The number of benzene rings is 2. The SMILES string of the molecule is Cc1ccc(CONC(=O)c2c(C(C)(C)C)nn(C)c2Oc2cccc(C(F)(F)F)c2)c(C)c1. The summed E-state index contributed by atoms with van der Waals surface area (Å²) in [6.45, 7) is 9.70. The molecule has 0 aliphatic heterocycles. The molecule has 2 aromatic carbocycles. The van der Waals surface area contributed by atoms with Gasteiger partial charge in [0.2, 0.25) is 5.88 Å². The van der Waals surface area contributed by atoms with E-state index in [0.717, 1.165) is 28.8 Å². The maximum Gasteiger partial charge on any atom is 0.416 e. The van der Waals surface area contributed by atoms with Crippen LogP contribution in [0, 0.1) is 13.8 Å². The summed E-state index contributed by atoms with van der Waals surface area (Å²) < 4.78 is 46.5. The van der Waals surface area contributed by atoms with Gasteiger partial charge in [0.15, 0.2) is 0 Å². The average Bonchev–Trinajstić information content (AvgIpc) is 3.06. The molecule has 182 valence electrons. The number of hydrogen-bond donors (Lipinski definition) is 1. The first-order chi connectivity index (χ1) is 15.8. The fraction of sp³-hybridized carbons (Fsp3) is 0.360. The quantitative estimate of drug-likeness (QED) is 0.444. The van der Waals surface area contributed by atoms with Gasteiger partial charge in [0, 0.05) is 12.5 Å². The zero-order valence-corrected chi connectivity index (χ0v) is 20.0. The van der Waals surface area contributed by atoms with Crippen LogP contribution in [0.5, 0.6) is 11.6 Å². The number of aromatic nitrogens is 2. The third-order valence-corrected chi connectivity index (χ3v) is 5.20. The zero-order valence-electron chi connectivity index (χ0n) is 20.0.